The number of aromatic nitrogens is 1. The molecule has 1 aliphatic rings. The summed E-state index contributed by atoms with van der Waals surface area (Å²) < 4.78 is 12.9. The third-order valence-electron chi connectivity index (χ3n) is 3.96. The van der Waals surface area contributed by atoms with Gasteiger partial charge in [-0.25, -0.2) is 4.39 Å². The first-order valence-corrected chi connectivity index (χ1v) is 7.04. The fourth-order valence-corrected chi connectivity index (χ4v) is 2.71. The van der Waals surface area contributed by atoms with E-state index in [0.29, 0.717) is 6.54 Å². The summed E-state index contributed by atoms with van der Waals surface area (Å²) in [4.78, 5) is 3.85. The van der Waals surface area contributed by atoms with Crippen LogP contribution < -0.4 is 5.32 Å². The number of hydrogen-bond acceptors (Lipinski definition) is 2. The van der Waals surface area contributed by atoms with E-state index in [1.165, 1.54) is 38.3 Å². The maximum absolute atomic E-state index is 12.9. The maximum Gasteiger partial charge on any atom is 0.141 e. The molecule has 0 aliphatic heterocycles. The van der Waals surface area contributed by atoms with Gasteiger partial charge in [0, 0.05) is 12.7 Å². The molecule has 0 aromatic carbocycles. The monoisotopic (exact) mass is 250 g/mol. The second-order valence-electron chi connectivity index (χ2n) is 5.60. The smallest absolute Gasteiger partial charge is 0.141 e. The first-order valence-electron chi connectivity index (χ1n) is 7.04. The molecule has 0 saturated heterocycles. The number of rotatable bonds is 5. The Bertz CT molecular complexity index is 359. The molecule has 3 heteroatoms. The number of hydrogen-bond donors (Lipinski definition) is 1. The quantitative estimate of drug-likeness (QED) is 0.809. The molecule has 100 valence electrons. The van der Waals surface area contributed by atoms with Gasteiger partial charge in [-0.1, -0.05) is 32.6 Å². The second kappa shape index (κ2) is 6.83. The van der Waals surface area contributed by atoms with Gasteiger partial charge in [-0.05, 0) is 36.4 Å². The summed E-state index contributed by atoms with van der Waals surface area (Å²) in [6, 6.07) is 1.54. The van der Waals surface area contributed by atoms with E-state index < -0.39 is 0 Å². The van der Waals surface area contributed by atoms with E-state index in [9.17, 15) is 4.39 Å². The third-order valence-corrected chi connectivity index (χ3v) is 3.96. The van der Waals surface area contributed by atoms with Gasteiger partial charge < -0.3 is 5.32 Å². The summed E-state index contributed by atoms with van der Waals surface area (Å²) in [6.45, 7) is 4.09. The zero-order valence-electron chi connectivity index (χ0n) is 11.2. The Hall–Kier alpha value is -0.960. The lowest BCUT2D eigenvalue weighted by molar-refractivity contribution is 0.275. The van der Waals surface area contributed by atoms with Crippen molar-refractivity contribution in [3.63, 3.8) is 0 Å². The van der Waals surface area contributed by atoms with Crippen LogP contribution in [0.1, 0.15) is 44.6 Å². The van der Waals surface area contributed by atoms with Crippen molar-refractivity contribution in [3.8, 4) is 0 Å². The Kier molecular flexibility index (Phi) is 5.12. The molecule has 1 heterocycles. The zero-order chi connectivity index (χ0) is 12.8. The van der Waals surface area contributed by atoms with Gasteiger partial charge in [0.15, 0.2) is 0 Å². The fraction of sp³-hybridized carbons (Fsp3) is 0.667. The van der Waals surface area contributed by atoms with Crippen LogP contribution in [-0.2, 0) is 6.54 Å². The molecule has 1 saturated carbocycles. The molecule has 1 N–H and O–H groups in total. The zero-order valence-corrected chi connectivity index (χ0v) is 11.2. The molecule has 0 spiro atoms. The Morgan fingerprint density at radius 1 is 1.28 bits per heavy atom. The van der Waals surface area contributed by atoms with Crippen LogP contribution in [0, 0.1) is 17.7 Å². The molecule has 0 unspecified atom stereocenters. The summed E-state index contributed by atoms with van der Waals surface area (Å²) in [6.07, 6.45) is 9.74. The second-order valence-corrected chi connectivity index (χ2v) is 5.60. The molecule has 0 bridgehead atoms. The molecule has 18 heavy (non-hydrogen) atoms. The van der Waals surface area contributed by atoms with Crippen molar-refractivity contribution < 1.29 is 4.39 Å². The molecule has 0 radical (unpaired) electrons. The molecule has 0 atom stereocenters. The van der Waals surface area contributed by atoms with Gasteiger partial charge in [0.2, 0.25) is 0 Å². The van der Waals surface area contributed by atoms with Gasteiger partial charge in [0.05, 0.1) is 6.20 Å². The molecular formula is C15H23FN2. The third kappa shape index (κ3) is 4.37. The minimum Gasteiger partial charge on any atom is -0.313 e. The Balaban J connectivity index is 1.61. The lowest BCUT2D eigenvalue weighted by atomic mass is 9.81. The Morgan fingerprint density at radius 2 is 2.06 bits per heavy atom. The standard InChI is InChI=1S/C15H23FN2/c1-12-2-4-13(5-3-12)6-7-17-9-14-8-15(16)11-18-10-14/h8,10-13,17H,2-7,9H2,1H3. The number of pyridine rings is 1. The van der Waals surface area contributed by atoms with Gasteiger partial charge >= 0.3 is 0 Å². The van der Waals surface area contributed by atoms with Crippen molar-refractivity contribution in [2.24, 2.45) is 11.8 Å². The average molecular weight is 250 g/mol. The lowest BCUT2D eigenvalue weighted by Crippen LogP contribution is -2.20. The van der Waals surface area contributed by atoms with Crippen LogP contribution in [0.15, 0.2) is 18.5 Å². The molecule has 1 fully saturated rings. The van der Waals surface area contributed by atoms with E-state index in [0.717, 1.165) is 23.9 Å². The van der Waals surface area contributed by atoms with E-state index in [4.69, 9.17) is 0 Å². The lowest BCUT2D eigenvalue weighted by Gasteiger charge is -2.26. The largest absolute Gasteiger partial charge is 0.313 e. The van der Waals surface area contributed by atoms with Gasteiger partial charge in [-0.3, -0.25) is 4.98 Å². The van der Waals surface area contributed by atoms with Crippen molar-refractivity contribution in [1.29, 1.82) is 0 Å². The predicted molar refractivity (Wildman–Crippen MR) is 71.6 cm³/mol. The fourth-order valence-electron chi connectivity index (χ4n) is 2.71. The summed E-state index contributed by atoms with van der Waals surface area (Å²) in [5, 5.41) is 3.38. The van der Waals surface area contributed by atoms with Gasteiger partial charge in [0.1, 0.15) is 5.82 Å². The van der Waals surface area contributed by atoms with E-state index >= 15 is 0 Å². The van der Waals surface area contributed by atoms with Crippen molar-refractivity contribution >= 4 is 0 Å². The average Bonchev–Trinajstić information content (AvgIpc) is 2.37. The molecule has 1 aromatic heterocycles. The van der Waals surface area contributed by atoms with Crippen LogP contribution in [0.3, 0.4) is 0 Å². The maximum atomic E-state index is 12.9. The Morgan fingerprint density at radius 3 is 2.78 bits per heavy atom. The van der Waals surface area contributed by atoms with Crippen LogP contribution in [0.2, 0.25) is 0 Å². The predicted octanol–water partition coefficient (Wildman–Crippen LogP) is 3.53. The van der Waals surface area contributed by atoms with Crippen molar-refractivity contribution in [1.82, 2.24) is 10.3 Å². The minimum atomic E-state index is -0.254. The number of nitrogens with zero attached hydrogens (tertiary/aromatic N) is 1. The molecular weight excluding hydrogens is 227 g/mol. The van der Waals surface area contributed by atoms with Gasteiger partial charge in [0.25, 0.3) is 0 Å². The Labute approximate surface area is 109 Å². The van der Waals surface area contributed by atoms with E-state index in [-0.39, 0.29) is 5.82 Å². The van der Waals surface area contributed by atoms with Crippen LogP contribution in [0.4, 0.5) is 4.39 Å². The first-order chi connectivity index (χ1) is 8.74. The summed E-state index contributed by atoms with van der Waals surface area (Å²) in [7, 11) is 0. The van der Waals surface area contributed by atoms with E-state index in [1.807, 2.05) is 0 Å². The highest BCUT2D eigenvalue weighted by atomic mass is 19.1. The van der Waals surface area contributed by atoms with Crippen LogP contribution in [0.25, 0.3) is 0 Å². The minimum absolute atomic E-state index is 0.254. The molecule has 1 aromatic rings. The molecule has 0 amide bonds. The molecule has 2 nitrogen and oxygen atoms in total. The van der Waals surface area contributed by atoms with Crippen molar-refractivity contribution in [2.75, 3.05) is 6.54 Å². The van der Waals surface area contributed by atoms with Gasteiger partial charge in [-0.15, -0.1) is 0 Å². The van der Waals surface area contributed by atoms with Crippen LogP contribution in [-0.4, -0.2) is 11.5 Å². The summed E-state index contributed by atoms with van der Waals surface area (Å²) in [5.41, 5.74) is 0.923. The van der Waals surface area contributed by atoms with Crippen LogP contribution in [0.5, 0.6) is 0 Å². The van der Waals surface area contributed by atoms with E-state index in [2.05, 4.69) is 17.2 Å². The number of nitrogens with one attached hydrogen (secondary N) is 1. The van der Waals surface area contributed by atoms with Crippen LogP contribution >= 0.6 is 0 Å². The highest BCUT2D eigenvalue weighted by Crippen LogP contribution is 2.29. The normalized spacial score (nSPS) is 24.1. The van der Waals surface area contributed by atoms with E-state index in [1.54, 1.807) is 12.3 Å². The SMILES string of the molecule is CC1CCC(CCNCc2cncc(F)c2)CC1. The summed E-state index contributed by atoms with van der Waals surface area (Å²) in [5.74, 6) is 1.56. The highest BCUT2D eigenvalue weighted by Gasteiger charge is 2.17. The topological polar surface area (TPSA) is 24.9 Å². The molecule has 1 aliphatic carbocycles. The first kappa shape index (κ1) is 13.5. The number of halogens is 1. The molecule has 2 rings (SSSR count). The van der Waals surface area contributed by atoms with Crippen molar-refractivity contribution in [2.45, 2.75) is 45.6 Å². The van der Waals surface area contributed by atoms with Gasteiger partial charge in [-0.2, -0.15) is 0 Å². The summed E-state index contributed by atoms with van der Waals surface area (Å²) >= 11 is 0. The highest BCUT2D eigenvalue weighted by molar-refractivity contribution is 5.09. The van der Waals surface area contributed by atoms with Crippen molar-refractivity contribution in [3.05, 3.63) is 29.8 Å².